The van der Waals surface area contributed by atoms with E-state index in [9.17, 15) is 4.79 Å². The number of aromatic amines is 1. The molecule has 8 heteroatoms. The van der Waals surface area contributed by atoms with E-state index in [1.54, 1.807) is 6.07 Å². The maximum Gasteiger partial charge on any atom is 0.240 e. The van der Waals surface area contributed by atoms with Gasteiger partial charge in [0.05, 0.1) is 30.3 Å². The monoisotopic (exact) mass is 508 g/mol. The summed E-state index contributed by atoms with van der Waals surface area (Å²) in [5.74, 6) is 0.623. The van der Waals surface area contributed by atoms with E-state index >= 15 is 0 Å². The molecule has 1 aromatic heterocycles. The number of fused-ring (bicyclic) bond motifs is 1. The first-order valence-electron chi connectivity index (χ1n) is 11.6. The Bertz CT molecular complexity index is 1280. The van der Waals surface area contributed by atoms with Crippen LogP contribution in [0, 0.1) is 0 Å². The molecule has 2 heterocycles. The van der Waals surface area contributed by atoms with Crippen LogP contribution in [0.2, 0.25) is 10.0 Å². The topological polar surface area (TPSA) is 70.2 Å². The summed E-state index contributed by atoms with van der Waals surface area (Å²) in [7, 11) is 0. The molecule has 0 bridgehead atoms. The molecule has 180 valence electrons. The number of carbonyl (C=O) groups excluding carboxylic acids is 1. The van der Waals surface area contributed by atoms with Gasteiger partial charge in [-0.15, -0.1) is 0 Å². The predicted octanol–water partition coefficient (Wildman–Crippen LogP) is 5.35. The minimum absolute atomic E-state index is 0.0916. The highest BCUT2D eigenvalue weighted by Crippen LogP contribution is 2.28. The van der Waals surface area contributed by atoms with Gasteiger partial charge in [0.15, 0.2) is 0 Å². The number of hydrogen-bond donors (Lipinski definition) is 2. The summed E-state index contributed by atoms with van der Waals surface area (Å²) in [6, 6.07) is 22.8. The number of likely N-dealkylation sites (tertiary alicyclic amines) is 1. The number of imidazole rings is 1. The van der Waals surface area contributed by atoms with Crippen molar-refractivity contribution >= 4 is 40.1 Å². The maximum absolute atomic E-state index is 13.5. The number of benzene rings is 3. The SMILES string of the molecule is O=C(NCc1nc2ccccc2[nH]1)[C@@H]1[C@@H](OCc2ccccc2)CCN1Cc1ccc(Cl)cc1Cl. The van der Waals surface area contributed by atoms with Crippen LogP contribution in [0.25, 0.3) is 11.0 Å². The third kappa shape index (κ3) is 5.68. The molecule has 1 fully saturated rings. The van der Waals surface area contributed by atoms with E-state index < -0.39 is 6.04 Å². The molecule has 1 saturated heterocycles. The number of ether oxygens (including phenoxy) is 1. The Labute approximate surface area is 214 Å². The fourth-order valence-electron chi connectivity index (χ4n) is 4.52. The first kappa shape index (κ1) is 23.8. The molecule has 1 aliphatic heterocycles. The number of hydrogen-bond acceptors (Lipinski definition) is 4. The van der Waals surface area contributed by atoms with Crippen molar-refractivity contribution in [3.8, 4) is 0 Å². The van der Waals surface area contributed by atoms with Gasteiger partial charge in [0.25, 0.3) is 0 Å². The predicted molar refractivity (Wildman–Crippen MR) is 138 cm³/mol. The molecule has 35 heavy (non-hydrogen) atoms. The Morgan fingerprint density at radius 3 is 2.69 bits per heavy atom. The van der Waals surface area contributed by atoms with E-state index in [-0.39, 0.29) is 12.0 Å². The average Bonchev–Trinajstić information content (AvgIpc) is 3.47. The largest absolute Gasteiger partial charge is 0.371 e. The number of para-hydroxylation sites is 2. The summed E-state index contributed by atoms with van der Waals surface area (Å²) in [4.78, 5) is 23.4. The van der Waals surface area contributed by atoms with Crippen LogP contribution in [0.4, 0.5) is 0 Å². The third-order valence-electron chi connectivity index (χ3n) is 6.28. The van der Waals surface area contributed by atoms with E-state index in [0.717, 1.165) is 35.1 Å². The Morgan fingerprint density at radius 1 is 1.09 bits per heavy atom. The summed E-state index contributed by atoms with van der Waals surface area (Å²) in [5, 5.41) is 4.24. The highest BCUT2D eigenvalue weighted by atomic mass is 35.5. The standard InChI is InChI=1S/C27H26Cl2N4O2/c28-20-11-10-19(21(29)14-20)16-33-13-12-24(35-17-18-6-2-1-3-7-18)26(33)27(34)30-15-25-31-22-8-4-5-9-23(22)32-25/h1-11,14,24,26H,12-13,15-17H2,(H,30,34)(H,31,32)/t24-,26-/m0/s1. The third-order valence-corrected chi connectivity index (χ3v) is 6.87. The van der Waals surface area contributed by atoms with Crippen molar-refractivity contribution in [2.45, 2.75) is 38.3 Å². The Balaban J connectivity index is 1.31. The number of nitrogens with zero attached hydrogens (tertiary/aromatic N) is 2. The Hall–Kier alpha value is -2.90. The number of amides is 1. The fourth-order valence-corrected chi connectivity index (χ4v) is 4.99. The molecular formula is C27H26Cl2N4O2. The number of rotatable bonds is 8. The average molecular weight is 509 g/mol. The van der Waals surface area contributed by atoms with Crippen molar-refractivity contribution in [1.82, 2.24) is 20.2 Å². The maximum atomic E-state index is 13.5. The van der Waals surface area contributed by atoms with Crippen LogP contribution in [-0.2, 0) is 29.2 Å². The molecule has 2 N–H and O–H groups in total. The second-order valence-corrected chi connectivity index (χ2v) is 9.54. The molecular weight excluding hydrogens is 483 g/mol. The zero-order chi connectivity index (χ0) is 24.2. The van der Waals surface area contributed by atoms with Crippen LogP contribution in [0.5, 0.6) is 0 Å². The van der Waals surface area contributed by atoms with Crippen LogP contribution in [0.3, 0.4) is 0 Å². The van der Waals surface area contributed by atoms with E-state index in [1.807, 2.05) is 66.7 Å². The van der Waals surface area contributed by atoms with Crippen molar-refractivity contribution in [3.05, 3.63) is 99.8 Å². The van der Waals surface area contributed by atoms with Gasteiger partial charge in [0.2, 0.25) is 5.91 Å². The first-order valence-corrected chi connectivity index (χ1v) is 12.4. The summed E-state index contributed by atoms with van der Waals surface area (Å²) in [5.41, 5.74) is 3.82. The quantitative estimate of drug-likeness (QED) is 0.336. The summed E-state index contributed by atoms with van der Waals surface area (Å²) in [6.45, 7) is 2.02. The van der Waals surface area contributed by atoms with Crippen molar-refractivity contribution in [1.29, 1.82) is 0 Å². The number of H-pyrrole nitrogens is 1. The van der Waals surface area contributed by atoms with Gasteiger partial charge >= 0.3 is 0 Å². The molecule has 1 aliphatic rings. The highest BCUT2D eigenvalue weighted by molar-refractivity contribution is 6.35. The molecule has 0 spiro atoms. The summed E-state index contributed by atoms with van der Waals surface area (Å²) >= 11 is 12.5. The van der Waals surface area contributed by atoms with Gasteiger partial charge < -0.3 is 15.0 Å². The molecule has 0 aliphatic carbocycles. The molecule has 5 rings (SSSR count). The first-order chi connectivity index (χ1) is 17.1. The van der Waals surface area contributed by atoms with Gasteiger partial charge in [-0.25, -0.2) is 4.98 Å². The van der Waals surface area contributed by atoms with Crippen molar-refractivity contribution in [2.75, 3.05) is 6.54 Å². The zero-order valence-electron chi connectivity index (χ0n) is 19.1. The summed E-state index contributed by atoms with van der Waals surface area (Å²) < 4.78 is 6.26. The van der Waals surface area contributed by atoms with E-state index in [4.69, 9.17) is 27.9 Å². The highest BCUT2D eigenvalue weighted by Gasteiger charge is 2.40. The lowest BCUT2D eigenvalue weighted by Crippen LogP contribution is -2.48. The molecule has 6 nitrogen and oxygen atoms in total. The minimum Gasteiger partial charge on any atom is -0.371 e. The lowest BCUT2D eigenvalue weighted by molar-refractivity contribution is -0.130. The summed E-state index contributed by atoms with van der Waals surface area (Å²) in [6.07, 6.45) is 0.512. The molecule has 1 amide bonds. The van der Waals surface area contributed by atoms with Crippen molar-refractivity contribution < 1.29 is 9.53 Å². The van der Waals surface area contributed by atoms with Crippen molar-refractivity contribution in [3.63, 3.8) is 0 Å². The lowest BCUT2D eigenvalue weighted by Gasteiger charge is -2.27. The zero-order valence-corrected chi connectivity index (χ0v) is 20.6. The molecule has 3 aromatic carbocycles. The van der Waals surface area contributed by atoms with Crippen LogP contribution >= 0.6 is 23.2 Å². The normalized spacial score (nSPS) is 18.2. The minimum atomic E-state index is -0.449. The van der Waals surface area contributed by atoms with Crippen LogP contribution in [-0.4, -0.2) is 39.5 Å². The van der Waals surface area contributed by atoms with Gasteiger partial charge in [-0.2, -0.15) is 0 Å². The van der Waals surface area contributed by atoms with Gasteiger partial charge in [-0.3, -0.25) is 9.69 Å². The van der Waals surface area contributed by atoms with E-state index in [0.29, 0.717) is 35.6 Å². The van der Waals surface area contributed by atoms with Crippen LogP contribution < -0.4 is 5.32 Å². The van der Waals surface area contributed by atoms with Gasteiger partial charge in [-0.1, -0.05) is 71.7 Å². The van der Waals surface area contributed by atoms with Crippen LogP contribution in [0.15, 0.2) is 72.8 Å². The number of aromatic nitrogens is 2. The van der Waals surface area contributed by atoms with Crippen molar-refractivity contribution in [2.24, 2.45) is 0 Å². The smallest absolute Gasteiger partial charge is 0.240 e. The number of halogens is 2. The molecule has 0 unspecified atom stereocenters. The van der Waals surface area contributed by atoms with Gasteiger partial charge in [0, 0.05) is 23.1 Å². The van der Waals surface area contributed by atoms with Crippen LogP contribution in [0.1, 0.15) is 23.4 Å². The van der Waals surface area contributed by atoms with E-state index in [1.165, 1.54) is 0 Å². The van der Waals surface area contributed by atoms with Gasteiger partial charge in [-0.05, 0) is 41.8 Å². The number of nitrogens with one attached hydrogen (secondary N) is 2. The Kier molecular flexibility index (Phi) is 7.35. The number of carbonyl (C=O) groups is 1. The second kappa shape index (κ2) is 10.8. The molecule has 0 saturated carbocycles. The van der Waals surface area contributed by atoms with Gasteiger partial charge in [0.1, 0.15) is 11.9 Å². The molecule has 2 atom stereocenters. The van der Waals surface area contributed by atoms with E-state index in [2.05, 4.69) is 20.2 Å². The fraction of sp³-hybridized carbons (Fsp3) is 0.259. The molecule has 4 aromatic rings. The Morgan fingerprint density at radius 2 is 1.89 bits per heavy atom. The lowest BCUT2D eigenvalue weighted by atomic mass is 10.1. The second-order valence-electron chi connectivity index (χ2n) is 8.69. The molecule has 0 radical (unpaired) electrons.